The smallest absolute Gasteiger partial charge is 0.127 e. The molecule has 6 heteroatoms. The SMILES string of the molecule is Cl.N[C@H](c1c(O)cc(O)cc1O)[C@@H](O)C1CC1. The van der Waals surface area contributed by atoms with Crippen molar-refractivity contribution in [3.05, 3.63) is 17.7 Å². The van der Waals surface area contributed by atoms with Crippen LogP contribution in [0, 0.1) is 5.92 Å². The molecule has 0 unspecified atom stereocenters. The maximum Gasteiger partial charge on any atom is 0.127 e. The largest absolute Gasteiger partial charge is 0.508 e. The van der Waals surface area contributed by atoms with E-state index in [0.717, 1.165) is 25.0 Å². The molecular formula is C11H16ClNO4. The Kier molecular flexibility index (Phi) is 4.08. The third-order valence-corrected chi connectivity index (χ3v) is 2.93. The van der Waals surface area contributed by atoms with Gasteiger partial charge in [-0.1, -0.05) is 0 Å². The van der Waals surface area contributed by atoms with E-state index in [0.29, 0.717) is 0 Å². The van der Waals surface area contributed by atoms with E-state index in [-0.39, 0.29) is 41.1 Å². The number of aliphatic hydroxyl groups excluding tert-OH is 1. The van der Waals surface area contributed by atoms with Crippen molar-refractivity contribution in [3.8, 4) is 17.2 Å². The first-order valence-corrected chi connectivity index (χ1v) is 5.19. The number of benzene rings is 1. The molecule has 1 aromatic rings. The summed E-state index contributed by atoms with van der Waals surface area (Å²) in [4.78, 5) is 0. The minimum absolute atomic E-state index is 0. The van der Waals surface area contributed by atoms with Gasteiger partial charge in [-0.25, -0.2) is 0 Å². The van der Waals surface area contributed by atoms with Crippen LogP contribution in [-0.4, -0.2) is 26.5 Å². The van der Waals surface area contributed by atoms with Gasteiger partial charge in [-0.3, -0.25) is 0 Å². The lowest BCUT2D eigenvalue weighted by atomic mass is 9.97. The summed E-state index contributed by atoms with van der Waals surface area (Å²) in [7, 11) is 0. The summed E-state index contributed by atoms with van der Waals surface area (Å²) in [6, 6.07) is 1.34. The predicted octanol–water partition coefficient (Wildman–Crippen LogP) is 0.996. The van der Waals surface area contributed by atoms with Crippen molar-refractivity contribution in [2.24, 2.45) is 11.7 Å². The quantitative estimate of drug-likeness (QED) is 0.558. The van der Waals surface area contributed by atoms with Crippen molar-refractivity contribution >= 4 is 12.4 Å². The summed E-state index contributed by atoms with van der Waals surface area (Å²) in [6.07, 6.45) is 1.05. The molecule has 2 atom stereocenters. The highest BCUT2D eigenvalue weighted by Gasteiger charge is 2.36. The molecule has 0 bridgehead atoms. The van der Waals surface area contributed by atoms with Crippen molar-refractivity contribution in [2.75, 3.05) is 0 Å². The van der Waals surface area contributed by atoms with Crippen molar-refractivity contribution in [1.29, 1.82) is 0 Å². The second-order valence-corrected chi connectivity index (χ2v) is 4.25. The number of aromatic hydroxyl groups is 3. The Morgan fingerprint density at radius 1 is 1.12 bits per heavy atom. The maximum absolute atomic E-state index is 9.82. The predicted molar refractivity (Wildman–Crippen MR) is 64.3 cm³/mol. The lowest BCUT2D eigenvalue weighted by Crippen LogP contribution is -2.28. The summed E-state index contributed by atoms with van der Waals surface area (Å²) in [6.45, 7) is 0. The Hall–Kier alpha value is -1.17. The van der Waals surface area contributed by atoms with Gasteiger partial charge in [0.05, 0.1) is 17.7 Å². The standard InChI is InChI=1S/C11H15NO4.ClH/c12-10(11(16)5-1-2-5)9-7(14)3-6(13)4-8(9)15;/h3-5,10-11,13-16H,1-2,12H2;1H/t10-,11+;/m1./s1. The monoisotopic (exact) mass is 261 g/mol. The molecule has 0 radical (unpaired) electrons. The summed E-state index contributed by atoms with van der Waals surface area (Å²) in [5.74, 6) is -0.705. The van der Waals surface area contributed by atoms with E-state index in [1.807, 2.05) is 0 Å². The van der Waals surface area contributed by atoms with E-state index < -0.39 is 12.1 Å². The topological polar surface area (TPSA) is 107 Å². The Morgan fingerprint density at radius 2 is 1.59 bits per heavy atom. The van der Waals surface area contributed by atoms with Gasteiger partial charge in [0.1, 0.15) is 17.2 Å². The molecule has 0 heterocycles. The molecule has 6 N–H and O–H groups in total. The zero-order chi connectivity index (χ0) is 11.9. The number of halogens is 1. The highest BCUT2D eigenvalue weighted by atomic mass is 35.5. The third-order valence-electron chi connectivity index (χ3n) is 2.93. The van der Waals surface area contributed by atoms with E-state index in [9.17, 15) is 15.3 Å². The molecule has 0 spiro atoms. The van der Waals surface area contributed by atoms with Crippen LogP contribution in [0.3, 0.4) is 0 Å². The Morgan fingerprint density at radius 3 is 2.00 bits per heavy atom. The maximum atomic E-state index is 9.82. The van der Waals surface area contributed by atoms with Gasteiger partial charge in [0.25, 0.3) is 0 Å². The highest BCUT2D eigenvalue weighted by molar-refractivity contribution is 5.85. The van der Waals surface area contributed by atoms with Crippen LogP contribution in [0.5, 0.6) is 17.2 Å². The molecule has 0 aliphatic heterocycles. The molecule has 1 aromatic carbocycles. The zero-order valence-electron chi connectivity index (χ0n) is 9.08. The van der Waals surface area contributed by atoms with Crippen LogP contribution in [0.15, 0.2) is 12.1 Å². The number of rotatable bonds is 3. The molecule has 1 fully saturated rings. The van der Waals surface area contributed by atoms with Crippen LogP contribution in [0.25, 0.3) is 0 Å². The van der Waals surface area contributed by atoms with Crippen LogP contribution in [0.2, 0.25) is 0 Å². The van der Waals surface area contributed by atoms with Crippen molar-refractivity contribution in [3.63, 3.8) is 0 Å². The molecule has 1 aliphatic carbocycles. The lowest BCUT2D eigenvalue weighted by Gasteiger charge is -2.20. The Labute approximate surface area is 105 Å². The summed E-state index contributed by atoms with van der Waals surface area (Å²) < 4.78 is 0. The summed E-state index contributed by atoms with van der Waals surface area (Å²) in [5, 5.41) is 38.1. The van der Waals surface area contributed by atoms with Gasteiger partial charge in [0.2, 0.25) is 0 Å². The summed E-state index contributed by atoms with van der Waals surface area (Å²) >= 11 is 0. The number of hydrogen-bond donors (Lipinski definition) is 5. The molecule has 2 rings (SSSR count). The number of phenolic OH excluding ortho intramolecular Hbond substituents is 3. The van der Waals surface area contributed by atoms with Gasteiger partial charge in [-0.05, 0) is 18.8 Å². The summed E-state index contributed by atoms with van der Waals surface area (Å²) in [5.41, 5.74) is 5.86. The fraction of sp³-hybridized carbons (Fsp3) is 0.455. The van der Waals surface area contributed by atoms with Crippen LogP contribution in [0.1, 0.15) is 24.4 Å². The first-order chi connectivity index (χ1) is 7.50. The molecule has 1 saturated carbocycles. The molecule has 5 nitrogen and oxygen atoms in total. The average Bonchev–Trinajstić information content (AvgIpc) is 2.97. The van der Waals surface area contributed by atoms with E-state index in [4.69, 9.17) is 10.8 Å². The number of nitrogens with two attached hydrogens (primary N) is 1. The van der Waals surface area contributed by atoms with E-state index >= 15 is 0 Å². The Bertz CT molecular complexity index is 385. The van der Waals surface area contributed by atoms with Gasteiger partial charge in [0, 0.05) is 12.1 Å². The Balaban J connectivity index is 0.00000144. The van der Waals surface area contributed by atoms with Crippen LogP contribution in [-0.2, 0) is 0 Å². The minimum Gasteiger partial charge on any atom is -0.508 e. The second kappa shape index (κ2) is 5.00. The molecule has 0 saturated heterocycles. The lowest BCUT2D eigenvalue weighted by molar-refractivity contribution is 0.120. The van der Waals surface area contributed by atoms with Gasteiger partial charge in [-0.15, -0.1) is 12.4 Å². The fourth-order valence-corrected chi connectivity index (χ4v) is 1.85. The van der Waals surface area contributed by atoms with Crippen molar-refractivity contribution < 1.29 is 20.4 Å². The van der Waals surface area contributed by atoms with E-state index in [1.54, 1.807) is 0 Å². The zero-order valence-corrected chi connectivity index (χ0v) is 9.89. The van der Waals surface area contributed by atoms with Crippen LogP contribution < -0.4 is 5.73 Å². The van der Waals surface area contributed by atoms with Crippen molar-refractivity contribution in [2.45, 2.75) is 25.0 Å². The first-order valence-electron chi connectivity index (χ1n) is 5.19. The van der Waals surface area contributed by atoms with Gasteiger partial charge < -0.3 is 26.2 Å². The van der Waals surface area contributed by atoms with Gasteiger partial charge in [0.15, 0.2) is 0 Å². The molecule has 17 heavy (non-hydrogen) atoms. The highest BCUT2D eigenvalue weighted by Crippen LogP contribution is 2.42. The molecule has 0 aromatic heterocycles. The van der Waals surface area contributed by atoms with E-state index in [1.165, 1.54) is 0 Å². The third kappa shape index (κ3) is 2.74. The first kappa shape index (κ1) is 13.9. The minimum atomic E-state index is -0.840. The second-order valence-electron chi connectivity index (χ2n) is 4.25. The van der Waals surface area contributed by atoms with Crippen LogP contribution in [0.4, 0.5) is 0 Å². The van der Waals surface area contributed by atoms with Gasteiger partial charge >= 0.3 is 0 Å². The van der Waals surface area contributed by atoms with Gasteiger partial charge in [-0.2, -0.15) is 0 Å². The number of phenols is 3. The molecular weight excluding hydrogens is 246 g/mol. The van der Waals surface area contributed by atoms with Crippen molar-refractivity contribution in [1.82, 2.24) is 0 Å². The molecule has 0 amide bonds. The normalized spacial score (nSPS) is 18.2. The van der Waals surface area contributed by atoms with E-state index in [2.05, 4.69) is 0 Å². The number of aliphatic hydroxyl groups is 1. The average molecular weight is 262 g/mol. The number of hydrogen-bond acceptors (Lipinski definition) is 5. The van der Waals surface area contributed by atoms with Crippen LogP contribution >= 0.6 is 12.4 Å². The molecule has 96 valence electrons. The fourth-order valence-electron chi connectivity index (χ4n) is 1.85. The molecule has 1 aliphatic rings.